The fourth-order valence-electron chi connectivity index (χ4n) is 1.48. The second kappa shape index (κ2) is 3.29. The first-order valence-corrected chi connectivity index (χ1v) is 4.61. The van der Waals surface area contributed by atoms with E-state index in [9.17, 15) is 13.6 Å². The first-order valence-electron chi connectivity index (χ1n) is 4.61. The number of hydrogen-bond donors (Lipinski definition) is 0. The molecule has 1 aliphatic heterocycles. The van der Waals surface area contributed by atoms with Crippen molar-refractivity contribution in [3.05, 3.63) is 18.0 Å². The number of alkyl halides is 2. The van der Waals surface area contributed by atoms with Gasteiger partial charge in [0.1, 0.15) is 6.54 Å². The summed E-state index contributed by atoms with van der Waals surface area (Å²) in [6.07, 6.45) is 3.33. The van der Waals surface area contributed by atoms with E-state index in [0.717, 1.165) is 10.5 Å². The second-order valence-corrected chi connectivity index (χ2v) is 3.82. The molecule has 1 fully saturated rings. The molecule has 0 aromatic carbocycles. The van der Waals surface area contributed by atoms with E-state index in [2.05, 4.69) is 5.10 Å². The minimum Gasteiger partial charge on any atom is -0.329 e. The summed E-state index contributed by atoms with van der Waals surface area (Å²) in [5.41, 5.74) is 0.941. The van der Waals surface area contributed by atoms with Crippen LogP contribution in [0.2, 0.25) is 0 Å². The van der Waals surface area contributed by atoms with Crippen LogP contribution in [0.25, 0.3) is 0 Å². The minimum absolute atomic E-state index is 0.0317. The Bertz CT molecular complexity index is 380. The van der Waals surface area contributed by atoms with E-state index < -0.39 is 19.0 Å². The smallest absolute Gasteiger partial charge is 0.282 e. The summed E-state index contributed by atoms with van der Waals surface area (Å²) in [7, 11) is 0. The lowest BCUT2D eigenvalue weighted by atomic mass is 10.1. The number of carbonyl (C=O) groups is 1. The standard InChI is InChI=1S/C9H11F2N3O/c1-7-2-12-14(3-7)4-8(15)13-5-9(10,11)6-13/h2-3H,4-6H2,1H3. The van der Waals surface area contributed by atoms with E-state index >= 15 is 0 Å². The number of amides is 1. The second-order valence-electron chi connectivity index (χ2n) is 3.82. The summed E-state index contributed by atoms with van der Waals surface area (Å²) < 4.78 is 26.4. The fourth-order valence-corrected chi connectivity index (χ4v) is 1.48. The molecule has 0 N–H and O–H groups in total. The Labute approximate surface area is 85.5 Å². The summed E-state index contributed by atoms with van der Waals surface area (Å²) in [5.74, 6) is -3.01. The number of halogens is 2. The molecule has 0 saturated carbocycles. The highest BCUT2D eigenvalue weighted by molar-refractivity contribution is 5.77. The van der Waals surface area contributed by atoms with Gasteiger partial charge in [0, 0.05) is 6.20 Å². The van der Waals surface area contributed by atoms with Gasteiger partial charge in [-0.25, -0.2) is 8.78 Å². The van der Waals surface area contributed by atoms with E-state index in [1.165, 1.54) is 4.68 Å². The molecule has 0 spiro atoms. The highest BCUT2D eigenvalue weighted by Gasteiger charge is 2.46. The predicted octanol–water partition coefficient (Wildman–Crippen LogP) is 0.669. The molecular weight excluding hydrogens is 204 g/mol. The summed E-state index contributed by atoms with van der Waals surface area (Å²) in [6.45, 7) is 0.952. The first kappa shape index (κ1) is 10.1. The SMILES string of the molecule is Cc1cnn(CC(=O)N2CC(F)(F)C2)c1. The van der Waals surface area contributed by atoms with Crippen LogP contribution in [0.15, 0.2) is 12.4 Å². The summed E-state index contributed by atoms with van der Waals surface area (Å²) in [4.78, 5) is 12.6. The molecule has 2 heterocycles. The third kappa shape index (κ3) is 2.14. The third-order valence-electron chi connectivity index (χ3n) is 2.26. The molecule has 0 bridgehead atoms. The molecule has 82 valence electrons. The zero-order valence-corrected chi connectivity index (χ0v) is 8.28. The van der Waals surface area contributed by atoms with Crippen LogP contribution in [-0.2, 0) is 11.3 Å². The lowest BCUT2D eigenvalue weighted by Crippen LogP contribution is -2.59. The average Bonchev–Trinajstić information content (AvgIpc) is 2.46. The number of rotatable bonds is 2. The van der Waals surface area contributed by atoms with E-state index in [4.69, 9.17) is 0 Å². The molecule has 1 aromatic rings. The van der Waals surface area contributed by atoms with Crippen molar-refractivity contribution in [2.24, 2.45) is 0 Å². The van der Waals surface area contributed by atoms with Crippen LogP contribution >= 0.6 is 0 Å². The fraction of sp³-hybridized carbons (Fsp3) is 0.556. The van der Waals surface area contributed by atoms with Gasteiger partial charge >= 0.3 is 0 Å². The Morgan fingerprint density at radius 1 is 1.60 bits per heavy atom. The van der Waals surface area contributed by atoms with Crippen LogP contribution < -0.4 is 0 Å². The van der Waals surface area contributed by atoms with Gasteiger partial charge in [-0.1, -0.05) is 0 Å². The maximum atomic E-state index is 12.5. The van der Waals surface area contributed by atoms with Gasteiger partial charge in [0.15, 0.2) is 0 Å². The Hall–Kier alpha value is -1.46. The quantitative estimate of drug-likeness (QED) is 0.727. The van der Waals surface area contributed by atoms with Crippen molar-refractivity contribution in [1.82, 2.24) is 14.7 Å². The number of aromatic nitrogens is 2. The van der Waals surface area contributed by atoms with Crippen molar-refractivity contribution in [3.63, 3.8) is 0 Å². The summed E-state index contributed by atoms with van der Waals surface area (Å²) in [6, 6.07) is 0. The molecular formula is C9H11F2N3O. The molecule has 1 aliphatic rings. The molecule has 2 rings (SSSR count). The number of hydrogen-bond acceptors (Lipinski definition) is 2. The Morgan fingerprint density at radius 3 is 2.73 bits per heavy atom. The van der Waals surface area contributed by atoms with Gasteiger partial charge in [-0.05, 0) is 12.5 Å². The molecule has 1 saturated heterocycles. The van der Waals surface area contributed by atoms with E-state index in [1.54, 1.807) is 12.4 Å². The van der Waals surface area contributed by atoms with E-state index in [-0.39, 0.29) is 12.5 Å². The van der Waals surface area contributed by atoms with Crippen LogP contribution in [0.5, 0.6) is 0 Å². The van der Waals surface area contributed by atoms with E-state index in [0.29, 0.717) is 0 Å². The number of carbonyl (C=O) groups excluding carboxylic acids is 1. The van der Waals surface area contributed by atoms with Crippen molar-refractivity contribution in [3.8, 4) is 0 Å². The summed E-state index contributed by atoms with van der Waals surface area (Å²) in [5, 5.41) is 3.91. The maximum absolute atomic E-state index is 12.5. The van der Waals surface area contributed by atoms with Crippen molar-refractivity contribution in [2.45, 2.75) is 19.4 Å². The van der Waals surface area contributed by atoms with Crippen LogP contribution in [0, 0.1) is 6.92 Å². The monoisotopic (exact) mass is 215 g/mol. The van der Waals surface area contributed by atoms with Gasteiger partial charge in [-0.15, -0.1) is 0 Å². The van der Waals surface area contributed by atoms with Crippen LogP contribution in [-0.4, -0.2) is 39.6 Å². The van der Waals surface area contributed by atoms with Gasteiger partial charge in [-0.2, -0.15) is 5.10 Å². The van der Waals surface area contributed by atoms with Crippen LogP contribution in [0.1, 0.15) is 5.56 Å². The maximum Gasteiger partial charge on any atom is 0.282 e. The Morgan fingerprint density at radius 2 is 2.27 bits per heavy atom. The van der Waals surface area contributed by atoms with Crippen molar-refractivity contribution in [1.29, 1.82) is 0 Å². The number of aryl methyl sites for hydroxylation is 1. The zero-order chi connectivity index (χ0) is 11.1. The molecule has 1 aromatic heterocycles. The van der Waals surface area contributed by atoms with Gasteiger partial charge in [0.2, 0.25) is 5.91 Å². The van der Waals surface area contributed by atoms with Gasteiger partial charge < -0.3 is 4.90 Å². The average molecular weight is 215 g/mol. The van der Waals surface area contributed by atoms with Crippen molar-refractivity contribution >= 4 is 5.91 Å². The molecule has 0 aliphatic carbocycles. The van der Waals surface area contributed by atoms with Gasteiger partial charge in [0.05, 0.1) is 19.3 Å². The topological polar surface area (TPSA) is 38.1 Å². The number of nitrogens with zero attached hydrogens (tertiary/aromatic N) is 3. The first-order chi connectivity index (χ1) is 6.96. The minimum atomic E-state index is -2.70. The highest BCUT2D eigenvalue weighted by atomic mass is 19.3. The lowest BCUT2D eigenvalue weighted by Gasteiger charge is -2.38. The molecule has 15 heavy (non-hydrogen) atoms. The van der Waals surface area contributed by atoms with Gasteiger partial charge in [-0.3, -0.25) is 9.48 Å². The van der Waals surface area contributed by atoms with Crippen molar-refractivity contribution < 1.29 is 13.6 Å². The Balaban J connectivity index is 1.89. The number of likely N-dealkylation sites (tertiary alicyclic amines) is 1. The highest BCUT2D eigenvalue weighted by Crippen LogP contribution is 2.26. The van der Waals surface area contributed by atoms with E-state index in [1.807, 2.05) is 6.92 Å². The summed E-state index contributed by atoms with van der Waals surface area (Å²) >= 11 is 0. The van der Waals surface area contributed by atoms with Crippen molar-refractivity contribution in [2.75, 3.05) is 13.1 Å². The Kier molecular flexibility index (Phi) is 2.21. The lowest BCUT2D eigenvalue weighted by molar-refractivity contribution is -0.166. The predicted molar refractivity (Wildman–Crippen MR) is 48.5 cm³/mol. The molecule has 1 amide bonds. The van der Waals surface area contributed by atoms with Crippen LogP contribution in [0.3, 0.4) is 0 Å². The normalized spacial score (nSPS) is 18.7. The molecule has 6 heteroatoms. The third-order valence-corrected chi connectivity index (χ3v) is 2.26. The van der Waals surface area contributed by atoms with Gasteiger partial charge in [0.25, 0.3) is 5.92 Å². The molecule has 4 nitrogen and oxygen atoms in total. The molecule has 0 atom stereocenters. The molecule has 0 unspecified atom stereocenters. The largest absolute Gasteiger partial charge is 0.329 e. The van der Waals surface area contributed by atoms with Crippen LogP contribution in [0.4, 0.5) is 8.78 Å². The zero-order valence-electron chi connectivity index (χ0n) is 8.28. The molecule has 0 radical (unpaired) electrons.